The van der Waals surface area contributed by atoms with Crippen molar-refractivity contribution in [2.75, 3.05) is 61.2 Å². The van der Waals surface area contributed by atoms with Crippen LogP contribution >= 0.6 is 0 Å². The highest BCUT2D eigenvalue weighted by molar-refractivity contribution is 6.27. The Kier molecular flexibility index (Phi) is 11.8. The topological polar surface area (TPSA) is 127 Å². The van der Waals surface area contributed by atoms with E-state index in [1.807, 2.05) is 25.1 Å². The molecule has 0 amide bonds. The Bertz CT molecular complexity index is 1020. The zero-order valence-corrected chi connectivity index (χ0v) is 22.0. The van der Waals surface area contributed by atoms with E-state index in [9.17, 15) is 0 Å². The van der Waals surface area contributed by atoms with Crippen molar-refractivity contribution in [1.29, 1.82) is 0 Å². The minimum absolute atomic E-state index is 0.623. The van der Waals surface area contributed by atoms with E-state index in [2.05, 4.69) is 21.9 Å². The van der Waals surface area contributed by atoms with Crippen molar-refractivity contribution in [1.82, 2.24) is 9.80 Å². The van der Waals surface area contributed by atoms with Crippen LogP contribution in [-0.4, -0.2) is 93.2 Å². The first-order valence-corrected chi connectivity index (χ1v) is 11.8. The third kappa shape index (κ3) is 8.72. The molecular weight excluding hydrogens is 484 g/mol. The molecule has 204 valence electrons. The van der Waals surface area contributed by atoms with Gasteiger partial charge in [0.2, 0.25) is 0 Å². The highest BCUT2D eigenvalue weighted by Gasteiger charge is 2.20. The molecule has 0 spiro atoms. The van der Waals surface area contributed by atoms with Gasteiger partial charge in [-0.05, 0) is 30.7 Å². The molecule has 11 nitrogen and oxygen atoms in total. The maximum absolute atomic E-state index is 9.10. The molecule has 0 unspecified atom stereocenters. The Morgan fingerprint density at radius 1 is 0.703 bits per heavy atom. The Morgan fingerprint density at radius 3 is 1.70 bits per heavy atom. The summed E-state index contributed by atoms with van der Waals surface area (Å²) in [5, 5.41) is 14.8. The van der Waals surface area contributed by atoms with E-state index in [0.717, 1.165) is 67.8 Å². The van der Waals surface area contributed by atoms with E-state index in [-0.39, 0.29) is 0 Å². The predicted octanol–water partition coefficient (Wildman–Crippen LogP) is 2.59. The van der Waals surface area contributed by atoms with Crippen LogP contribution in [0.1, 0.15) is 18.1 Å². The second-order valence-corrected chi connectivity index (χ2v) is 8.10. The predicted molar refractivity (Wildman–Crippen MR) is 136 cm³/mol. The number of piperazine rings is 1. The monoisotopic (exact) mass is 520 g/mol. The zero-order chi connectivity index (χ0) is 27.4. The lowest BCUT2D eigenvalue weighted by molar-refractivity contribution is -0.159. The highest BCUT2D eigenvalue weighted by Crippen LogP contribution is 2.35. The Hall–Kier alpha value is -3.70. The molecule has 2 aromatic carbocycles. The van der Waals surface area contributed by atoms with Gasteiger partial charge in [0.25, 0.3) is 0 Å². The fourth-order valence-electron chi connectivity index (χ4n) is 3.91. The summed E-state index contributed by atoms with van der Waals surface area (Å²) >= 11 is 0. The van der Waals surface area contributed by atoms with E-state index in [0.29, 0.717) is 12.4 Å². The molecule has 1 aliphatic rings. The van der Waals surface area contributed by atoms with Crippen molar-refractivity contribution in [3.63, 3.8) is 0 Å². The molecule has 0 saturated carbocycles. The number of hydrogen-bond donors (Lipinski definition) is 2. The van der Waals surface area contributed by atoms with Gasteiger partial charge in [0.15, 0.2) is 23.0 Å². The average Bonchev–Trinajstić information content (AvgIpc) is 2.90. The number of carboxylic acid groups (broad SMARTS) is 2. The molecule has 1 saturated heterocycles. The van der Waals surface area contributed by atoms with Crippen LogP contribution in [-0.2, 0) is 22.7 Å². The molecule has 0 aromatic heterocycles. The van der Waals surface area contributed by atoms with Gasteiger partial charge in [-0.3, -0.25) is 9.80 Å². The Morgan fingerprint density at radius 2 is 1.22 bits per heavy atom. The Balaban J connectivity index is 0.000000717. The number of nitrogens with zero attached hydrogens (tertiary/aromatic N) is 2. The summed E-state index contributed by atoms with van der Waals surface area (Å²) in [6.07, 6.45) is 0. The molecule has 0 bridgehead atoms. The number of rotatable bonds is 10. The van der Waals surface area contributed by atoms with E-state index < -0.39 is 11.9 Å². The minimum atomic E-state index is -1.82. The molecule has 0 aliphatic carbocycles. The average molecular weight is 521 g/mol. The molecule has 2 N–H and O–H groups in total. The quantitative estimate of drug-likeness (QED) is 0.449. The number of hydrogen-bond acceptors (Lipinski definition) is 9. The fourth-order valence-corrected chi connectivity index (χ4v) is 3.91. The van der Waals surface area contributed by atoms with Crippen molar-refractivity contribution in [2.24, 2.45) is 0 Å². The van der Waals surface area contributed by atoms with E-state index in [1.54, 1.807) is 28.4 Å². The van der Waals surface area contributed by atoms with Gasteiger partial charge < -0.3 is 33.9 Å². The van der Waals surface area contributed by atoms with E-state index >= 15 is 0 Å². The summed E-state index contributed by atoms with van der Waals surface area (Å²) in [5.74, 6) is 0.160. The Labute approximate surface area is 217 Å². The van der Waals surface area contributed by atoms with Crippen LogP contribution in [0.3, 0.4) is 0 Å². The summed E-state index contributed by atoms with van der Waals surface area (Å²) in [7, 11) is 6.65. The standard InChI is InChI=1S/C24H34N2O5.C2H2O4/c1-6-31-24-13-18(7-8-20(24)27-2)16-25-9-11-26(12-10-25)17-19-14-22(29-4)23(30-5)15-21(19)28-3;3-1(4)2(5)6/h7-8,13-15H,6,9-12,16-17H2,1-5H3;(H,3,4)(H,5,6). The number of ether oxygens (including phenoxy) is 5. The van der Waals surface area contributed by atoms with Crippen molar-refractivity contribution in [2.45, 2.75) is 20.0 Å². The number of aliphatic carboxylic acids is 2. The lowest BCUT2D eigenvalue weighted by Gasteiger charge is -2.35. The maximum Gasteiger partial charge on any atom is 0.414 e. The van der Waals surface area contributed by atoms with Crippen LogP contribution in [0.25, 0.3) is 0 Å². The maximum atomic E-state index is 9.10. The van der Waals surface area contributed by atoms with Crippen molar-refractivity contribution >= 4 is 11.9 Å². The minimum Gasteiger partial charge on any atom is -0.496 e. The van der Waals surface area contributed by atoms with Gasteiger partial charge in [-0.1, -0.05) is 6.07 Å². The van der Waals surface area contributed by atoms with Crippen LogP contribution in [0, 0.1) is 0 Å². The normalized spacial score (nSPS) is 13.6. The molecule has 1 heterocycles. The molecule has 3 rings (SSSR count). The third-order valence-corrected chi connectivity index (χ3v) is 5.76. The van der Waals surface area contributed by atoms with Gasteiger partial charge in [-0.25, -0.2) is 9.59 Å². The second kappa shape index (κ2) is 14.8. The number of carboxylic acids is 2. The van der Waals surface area contributed by atoms with Gasteiger partial charge in [-0.15, -0.1) is 0 Å². The van der Waals surface area contributed by atoms with Crippen LogP contribution in [0.5, 0.6) is 28.7 Å². The van der Waals surface area contributed by atoms with Gasteiger partial charge in [0.1, 0.15) is 5.75 Å². The van der Waals surface area contributed by atoms with Crippen molar-refractivity contribution < 1.29 is 43.5 Å². The number of methoxy groups -OCH3 is 4. The highest BCUT2D eigenvalue weighted by atomic mass is 16.5. The fraction of sp³-hybridized carbons (Fsp3) is 0.462. The first kappa shape index (κ1) is 29.5. The number of carbonyl (C=O) groups is 2. The zero-order valence-electron chi connectivity index (χ0n) is 22.0. The van der Waals surface area contributed by atoms with Gasteiger partial charge in [0, 0.05) is 50.9 Å². The third-order valence-electron chi connectivity index (χ3n) is 5.76. The summed E-state index contributed by atoms with van der Waals surface area (Å²) in [6.45, 7) is 8.32. The molecule has 1 aliphatic heterocycles. The molecule has 37 heavy (non-hydrogen) atoms. The molecule has 0 radical (unpaired) electrons. The molecule has 1 fully saturated rings. The van der Waals surface area contributed by atoms with Crippen molar-refractivity contribution in [3.05, 3.63) is 41.5 Å². The summed E-state index contributed by atoms with van der Waals surface area (Å²) in [6, 6.07) is 10.1. The summed E-state index contributed by atoms with van der Waals surface area (Å²) in [5.41, 5.74) is 2.34. The van der Waals surface area contributed by atoms with Crippen LogP contribution in [0.15, 0.2) is 30.3 Å². The summed E-state index contributed by atoms with van der Waals surface area (Å²) in [4.78, 5) is 23.1. The van der Waals surface area contributed by atoms with Crippen molar-refractivity contribution in [3.8, 4) is 28.7 Å². The largest absolute Gasteiger partial charge is 0.496 e. The number of benzene rings is 2. The lowest BCUT2D eigenvalue weighted by atomic mass is 10.1. The van der Waals surface area contributed by atoms with Crippen LogP contribution in [0.2, 0.25) is 0 Å². The van der Waals surface area contributed by atoms with Crippen LogP contribution < -0.4 is 23.7 Å². The lowest BCUT2D eigenvalue weighted by Crippen LogP contribution is -2.45. The SMILES string of the molecule is CCOc1cc(CN2CCN(Cc3cc(OC)c(OC)cc3OC)CC2)ccc1OC.O=C(O)C(=O)O. The summed E-state index contributed by atoms with van der Waals surface area (Å²) < 4.78 is 27.5. The van der Waals surface area contributed by atoms with Gasteiger partial charge >= 0.3 is 11.9 Å². The molecule has 11 heteroatoms. The van der Waals surface area contributed by atoms with Crippen LogP contribution in [0.4, 0.5) is 0 Å². The molecule has 0 atom stereocenters. The molecular formula is C26H36N2O9. The van der Waals surface area contributed by atoms with Gasteiger partial charge in [-0.2, -0.15) is 0 Å². The first-order chi connectivity index (χ1) is 17.8. The molecule has 2 aromatic rings. The smallest absolute Gasteiger partial charge is 0.414 e. The van der Waals surface area contributed by atoms with Gasteiger partial charge in [0.05, 0.1) is 35.0 Å². The van der Waals surface area contributed by atoms with E-state index in [1.165, 1.54) is 5.56 Å². The second-order valence-electron chi connectivity index (χ2n) is 8.10. The first-order valence-electron chi connectivity index (χ1n) is 11.8. The van der Waals surface area contributed by atoms with E-state index in [4.69, 9.17) is 43.5 Å².